The molecule has 4 saturated carbocycles. The van der Waals surface area contributed by atoms with Crippen molar-refractivity contribution in [3.05, 3.63) is 0 Å². The molecule has 0 aromatic rings. The van der Waals surface area contributed by atoms with Gasteiger partial charge in [0.2, 0.25) is 0 Å². The summed E-state index contributed by atoms with van der Waals surface area (Å²) in [6, 6.07) is 0. The quantitative estimate of drug-likeness (QED) is 0.212. The van der Waals surface area contributed by atoms with E-state index in [4.69, 9.17) is 18.9 Å². The van der Waals surface area contributed by atoms with Gasteiger partial charge in [-0.15, -0.1) is 0 Å². The van der Waals surface area contributed by atoms with Gasteiger partial charge in [0.1, 0.15) is 11.9 Å². The van der Waals surface area contributed by atoms with Crippen molar-refractivity contribution in [1.29, 1.82) is 0 Å². The van der Waals surface area contributed by atoms with Crippen LogP contribution in [0.5, 0.6) is 0 Å². The third kappa shape index (κ3) is 3.39. The maximum absolute atomic E-state index is 13.4. The molecule has 0 radical (unpaired) electrons. The molecule has 0 aromatic heterocycles. The number of ether oxygens (including phenoxy) is 4. The molecule has 2 aliphatic heterocycles. The van der Waals surface area contributed by atoms with E-state index in [1.165, 1.54) is 0 Å². The Kier molecular flexibility index (Phi) is 5.32. The Balaban J connectivity index is 1.33. The first kappa shape index (κ1) is 21.2. The lowest BCUT2D eigenvalue weighted by Crippen LogP contribution is -2.58. The highest BCUT2D eigenvalue weighted by Gasteiger charge is 2.63. The highest BCUT2D eigenvalue weighted by Crippen LogP contribution is 2.59. The van der Waals surface area contributed by atoms with E-state index in [1.54, 1.807) is 6.92 Å². The summed E-state index contributed by atoms with van der Waals surface area (Å²) in [5.41, 5.74) is -0.656. The molecule has 0 amide bonds. The van der Waals surface area contributed by atoms with E-state index in [0.717, 1.165) is 19.3 Å². The molecule has 4 aliphatic carbocycles. The van der Waals surface area contributed by atoms with Crippen LogP contribution < -0.4 is 0 Å². The smallest absolute Gasteiger partial charge is 0.323 e. The van der Waals surface area contributed by atoms with Crippen LogP contribution >= 0.6 is 12.6 Å². The normalized spacial score (nSPS) is 44.8. The van der Waals surface area contributed by atoms with Gasteiger partial charge in [0.25, 0.3) is 0 Å². The number of hydrogen-bond acceptors (Lipinski definition) is 9. The lowest BCUT2D eigenvalue weighted by atomic mass is 9.49. The van der Waals surface area contributed by atoms with Crippen molar-refractivity contribution in [2.24, 2.45) is 29.1 Å². The second-order valence-electron chi connectivity index (χ2n) is 9.83. The van der Waals surface area contributed by atoms with Crippen molar-refractivity contribution in [2.75, 3.05) is 12.4 Å². The van der Waals surface area contributed by atoms with Crippen molar-refractivity contribution in [1.82, 2.24) is 0 Å². The predicted octanol–water partition coefficient (Wildman–Crippen LogP) is 1.49. The Morgan fingerprint density at radius 2 is 1.84 bits per heavy atom. The Morgan fingerprint density at radius 3 is 2.52 bits per heavy atom. The van der Waals surface area contributed by atoms with Crippen LogP contribution in [0.4, 0.5) is 0 Å². The van der Waals surface area contributed by atoms with Gasteiger partial charge in [0.05, 0.1) is 18.1 Å². The average molecular weight is 453 g/mol. The molecule has 7 unspecified atom stereocenters. The number of rotatable bonds is 6. The predicted molar refractivity (Wildman–Crippen MR) is 108 cm³/mol. The molecule has 6 rings (SSSR count). The topological polar surface area (TPSA) is 105 Å². The number of carbonyl (C=O) groups is 4. The molecule has 31 heavy (non-hydrogen) atoms. The van der Waals surface area contributed by atoms with Crippen LogP contribution in [0, 0.1) is 29.1 Å². The second kappa shape index (κ2) is 7.76. The number of ketones is 1. The van der Waals surface area contributed by atoms with Crippen LogP contribution in [0.15, 0.2) is 0 Å². The van der Waals surface area contributed by atoms with Gasteiger partial charge in [-0.25, -0.2) is 0 Å². The third-order valence-electron chi connectivity index (χ3n) is 7.79. The Bertz CT molecular complexity index is 793. The molecular formula is C22H28O8S. The molecule has 2 heterocycles. The SMILES string of the molecule is CC1OC2C(C(=O)OCCCS)C(=O)OC1C2OC(=O)C12CC3CC(C1)C(=O)C(C3)C2. The summed E-state index contributed by atoms with van der Waals surface area (Å²) >= 11 is 4.08. The molecule has 6 fully saturated rings. The van der Waals surface area contributed by atoms with E-state index >= 15 is 0 Å². The molecule has 0 spiro atoms. The summed E-state index contributed by atoms with van der Waals surface area (Å²) in [5, 5.41) is 0. The van der Waals surface area contributed by atoms with Gasteiger partial charge in [-0.2, -0.15) is 12.6 Å². The molecule has 8 nitrogen and oxygen atoms in total. The number of fused-ring (bicyclic) bond motifs is 2. The largest absolute Gasteiger partial charge is 0.465 e. The van der Waals surface area contributed by atoms with E-state index in [0.29, 0.717) is 36.7 Å². The van der Waals surface area contributed by atoms with E-state index in [1.807, 2.05) is 0 Å². The van der Waals surface area contributed by atoms with Crippen molar-refractivity contribution < 1.29 is 38.1 Å². The fraction of sp³-hybridized carbons (Fsp3) is 0.818. The summed E-state index contributed by atoms with van der Waals surface area (Å²) in [6.45, 7) is 1.88. The van der Waals surface area contributed by atoms with Crippen molar-refractivity contribution in [2.45, 2.75) is 69.9 Å². The molecule has 170 valence electrons. The zero-order chi connectivity index (χ0) is 21.9. The van der Waals surface area contributed by atoms with Crippen LogP contribution in [-0.4, -0.2) is 60.5 Å². The van der Waals surface area contributed by atoms with E-state index < -0.39 is 47.7 Å². The Labute approximate surface area is 186 Å². The summed E-state index contributed by atoms with van der Waals surface area (Å²) in [7, 11) is 0. The van der Waals surface area contributed by atoms with Gasteiger partial charge in [0.15, 0.2) is 18.1 Å². The number of Topliss-reactive ketones (excluding diaryl/α,β-unsaturated/α-hetero) is 1. The minimum atomic E-state index is -1.28. The van der Waals surface area contributed by atoms with Crippen LogP contribution in [0.3, 0.4) is 0 Å². The molecule has 2 saturated heterocycles. The zero-order valence-corrected chi connectivity index (χ0v) is 18.4. The lowest BCUT2D eigenvalue weighted by molar-refractivity contribution is -0.200. The summed E-state index contributed by atoms with van der Waals surface area (Å²) in [5.74, 6) is -1.94. The minimum Gasteiger partial charge on any atom is -0.465 e. The van der Waals surface area contributed by atoms with Crippen molar-refractivity contribution in [3.8, 4) is 0 Å². The van der Waals surface area contributed by atoms with Gasteiger partial charge in [0, 0.05) is 11.8 Å². The molecule has 7 atom stereocenters. The standard InChI is InChI=1S/C22H28O8S/c1-10-16-18(17(28-10)14(20(25)29-16)19(24)27-3-2-4-31)30-21(26)22-7-11-5-12(8-22)15(23)13(6-11)9-22/h10-14,16-18,31H,2-9H2,1H3. The molecule has 0 aromatic carbocycles. The Hall–Kier alpha value is -1.61. The first-order chi connectivity index (χ1) is 14.8. The Morgan fingerprint density at radius 1 is 1.13 bits per heavy atom. The number of carbonyl (C=O) groups excluding carboxylic acids is 4. The molecular weight excluding hydrogens is 424 g/mol. The summed E-state index contributed by atoms with van der Waals surface area (Å²) < 4.78 is 22.5. The monoisotopic (exact) mass is 452 g/mol. The van der Waals surface area contributed by atoms with Crippen molar-refractivity contribution >= 4 is 36.3 Å². The van der Waals surface area contributed by atoms with Crippen LogP contribution in [-0.2, 0) is 38.1 Å². The zero-order valence-electron chi connectivity index (χ0n) is 17.5. The number of hydrogen-bond donors (Lipinski definition) is 1. The van der Waals surface area contributed by atoms with Gasteiger partial charge in [-0.05, 0) is 57.1 Å². The van der Waals surface area contributed by atoms with E-state index in [-0.39, 0.29) is 24.4 Å². The van der Waals surface area contributed by atoms with Crippen LogP contribution in [0.2, 0.25) is 0 Å². The van der Waals surface area contributed by atoms with Gasteiger partial charge < -0.3 is 18.9 Å². The van der Waals surface area contributed by atoms with Gasteiger partial charge in [-0.1, -0.05) is 0 Å². The maximum Gasteiger partial charge on any atom is 0.323 e. The van der Waals surface area contributed by atoms with Crippen LogP contribution in [0.25, 0.3) is 0 Å². The van der Waals surface area contributed by atoms with Crippen LogP contribution in [0.1, 0.15) is 45.4 Å². The first-order valence-electron chi connectivity index (χ1n) is 11.2. The molecule has 6 bridgehead atoms. The maximum atomic E-state index is 13.4. The van der Waals surface area contributed by atoms with E-state index in [9.17, 15) is 19.2 Å². The van der Waals surface area contributed by atoms with Gasteiger partial charge >= 0.3 is 17.9 Å². The molecule has 0 N–H and O–H groups in total. The number of esters is 3. The highest BCUT2D eigenvalue weighted by atomic mass is 32.1. The fourth-order valence-electron chi connectivity index (χ4n) is 6.57. The van der Waals surface area contributed by atoms with Crippen molar-refractivity contribution in [3.63, 3.8) is 0 Å². The highest BCUT2D eigenvalue weighted by molar-refractivity contribution is 7.80. The summed E-state index contributed by atoms with van der Waals surface area (Å²) in [6.07, 6.45) is 1.07. The third-order valence-corrected chi connectivity index (χ3v) is 8.10. The molecule has 6 aliphatic rings. The second-order valence-corrected chi connectivity index (χ2v) is 10.3. The summed E-state index contributed by atoms with van der Waals surface area (Å²) in [4.78, 5) is 50.9. The fourth-order valence-corrected chi connectivity index (χ4v) is 6.70. The van der Waals surface area contributed by atoms with E-state index in [2.05, 4.69) is 12.6 Å². The minimum absolute atomic E-state index is 0.0514. The average Bonchev–Trinajstić information content (AvgIpc) is 2.93. The lowest BCUT2D eigenvalue weighted by Gasteiger charge is -2.54. The first-order valence-corrected chi connectivity index (χ1v) is 11.8. The van der Waals surface area contributed by atoms with Gasteiger partial charge in [-0.3, -0.25) is 19.2 Å². The number of thiol groups is 1. The molecule has 9 heteroatoms.